The van der Waals surface area contributed by atoms with Crippen LogP contribution in [0.5, 0.6) is 0 Å². The molecule has 0 unspecified atom stereocenters. The summed E-state index contributed by atoms with van der Waals surface area (Å²) in [5, 5.41) is 9.03. The first kappa shape index (κ1) is 16.5. The van der Waals surface area contributed by atoms with Crippen LogP contribution < -0.4 is 4.72 Å². The Hall–Kier alpha value is -0.900. The van der Waals surface area contributed by atoms with Crippen LogP contribution in [0.2, 0.25) is 0 Å². The Morgan fingerprint density at radius 3 is 2.48 bits per heavy atom. The molecule has 2 N–H and O–H groups in total. The van der Waals surface area contributed by atoms with Crippen molar-refractivity contribution in [3.8, 4) is 0 Å². The topological polar surface area (TPSA) is 83.5 Å². The lowest BCUT2D eigenvalue weighted by molar-refractivity contribution is 0.0696. The zero-order valence-electron chi connectivity index (χ0n) is 10.6. The number of carbonyl (C=O) groups is 1. The van der Waals surface area contributed by atoms with E-state index in [1.807, 2.05) is 0 Å². The van der Waals surface area contributed by atoms with Crippen LogP contribution >= 0.6 is 43.2 Å². The molecule has 0 aliphatic heterocycles. The number of aromatic carboxylic acids is 1. The highest BCUT2D eigenvalue weighted by Gasteiger charge is 2.19. The van der Waals surface area contributed by atoms with Crippen molar-refractivity contribution in [2.75, 3.05) is 4.72 Å². The highest BCUT2D eigenvalue weighted by Crippen LogP contribution is 2.32. The van der Waals surface area contributed by atoms with Crippen LogP contribution in [0, 0.1) is 6.92 Å². The van der Waals surface area contributed by atoms with Gasteiger partial charge in [0.05, 0.1) is 9.35 Å². The Morgan fingerprint density at radius 2 is 1.95 bits per heavy atom. The summed E-state index contributed by atoms with van der Waals surface area (Å²) in [6.07, 6.45) is 0. The van der Waals surface area contributed by atoms with Crippen molar-refractivity contribution in [2.45, 2.75) is 11.1 Å². The molecular weight excluding hydrogens is 446 g/mol. The fourth-order valence-electron chi connectivity index (χ4n) is 1.52. The first-order valence-corrected chi connectivity index (χ1v) is 9.41. The van der Waals surface area contributed by atoms with E-state index in [2.05, 4.69) is 36.6 Å². The molecule has 0 bridgehead atoms. The van der Waals surface area contributed by atoms with Crippen LogP contribution in [0.3, 0.4) is 0 Å². The number of hydrogen-bond donors (Lipinski definition) is 2. The van der Waals surface area contributed by atoms with E-state index in [-0.39, 0.29) is 15.5 Å². The van der Waals surface area contributed by atoms with Crippen molar-refractivity contribution in [1.82, 2.24) is 0 Å². The Kier molecular flexibility index (Phi) is 4.76. The number of anilines is 1. The quantitative estimate of drug-likeness (QED) is 0.728. The van der Waals surface area contributed by atoms with Crippen LogP contribution in [0.15, 0.2) is 36.7 Å². The van der Waals surface area contributed by atoms with Crippen molar-refractivity contribution < 1.29 is 18.3 Å². The Labute approximate surface area is 142 Å². The predicted molar refractivity (Wildman–Crippen MR) is 88.7 cm³/mol. The van der Waals surface area contributed by atoms with Gasteiger partial charge in [0.2, 0.25) is 0 Å². The SMILES string of the molecule is Cc1cc(S(=O)(=O)Nc2ccc(Br)c(C(=O)O)c2)sc1Br. The number of rotatable bonds is 4. The molecule has 0 aliphatic carbocycles. The maximum absolute atomic E-state index is 12.3. The summed E-state index contributed by atoms with van der Waals surface area (Å²) < 4.78 is 28.2. The van der Waals surface area contributed by atoms with Crippen molar-refractivity contribution >= 4 is 64.9 Å². The highest BCUT2D eigenvalue weighted by molar-refractivity contribution is 9.11. The second-order valence-electron chi connectivity index (χ2n) is 4.13. The second kappa shape index (κ2) is 6.07. The molecule has 0 saturated heterocycles. The average Bonchev–Trinajstić information content (AvgIpc) is 2.72. The molecule has 1 heterocycles. The maximum Gasteiger partial charge on any atom is 0.336 e. The number of sulfonamides is 1. The third-order valence-electron chi connectivity index (χ3n) is 2.55. The minimum atomic E-state index is -3.74. The van der Waals surface area contributed by atoms with Crippen LogP contribution in [0.25, 0.3) is 0 Å². The maximum atomic E-state index is 12.3. The van der Waals surface area contributed by atoms with E-state index in [4.69, 9.17) is 5.11 Å². The Morgan fingerprint density at radius 1 is 1.29 bits per heavy atom. The van der Waals surface area contributed by atoms with Crippen molar-refractivity contribution in [1.29, 1.82) is 0 Å². The van der Waals surface area contributed by atoms with Gasteiger partial charge in [-0.15, -0.1) is 11.3 Å². The van der Waals surface area contributed by atoms with Crippen molar-refractivity contribution in [3.05, 3.63) is 43.7 Å². The third-order valence-corrected chi connectivity index (χ3v) is 7.23. The molecule has 2 rings (SSSR count). The average molecular weight is 455 g/mol. The lowest BCUT2D eigenvalue weighted by Crippen LogP contribution is -2.12. The largest absolute Gasteiger partial charge is 0.478 e. The molecule has 0 aliphatic rings. The normalized spacial score (nSPS) is 11.4. The molecule has 2 aromatic rings. The Balaban J connectivity index is 2.37. The van der Waals surface area contributed by atoms with E-state index in [9.17, 15) is 13.2 Å². The van der Waals surface area contributed by atoms with E-state index < -0.39 is 16.0 Å². The molecule has 1 aromatic heterocycles. The molecule has 5 nitrogen and oxygen atoms in total. The molecule has 0 spiro atoms. The molecule has 0 saturated carbocycles. The molecule has 0 amide bonds. The van der Waals surface area contributed by atoms with Gasteiger partial charge in [-0.1, -0.05) is 0 Å². The summed E-state index contributed by atoms with van der Waals surface area (Å²) in [6.45, 7) is 1.79. The zero-order chi connectivity index (χ0) is 15.8. The number of hydrogen-bond acceptors (Lipinski definition) is 4. The first-order valence-electron chi connectivity index (χ1n) is 5.52. The Bertz CT molecular complexity index is 795. The van der Waals surface area contributed by atoms with E-state index >= 15 is 0 Å². The third kappa shape index (κ3) is 3.65. The van der Waals surface area contributed by atoms with Gasteiger partial charge in [-0.25, -0.2) is 13.2 Å². The fraction of sp³-hybridized carbons (Fsp3) is 0.0833. The number of nitrogens with one attached hydrogen (secondary N) is 1. The second-order valence-corrected chi connectivity index (χ2v) is 9.26. The van der Waals surface area contributed by atoms with E-state index in [0.717, 1.165) is 20.7 Å². The van der Waals surface area contributed by atoms with Gasteiger partial charge >= 0.3 is 5.97 Å². The van der Waals surface area contributed by atoms with E-state index in [1.165, 1.54) is 18.2 Å². The zero-order valence-corrected chi connectivity index (χ0v) is 15.4. The number of thiophene rings is 1. The molecule has 112 valence electrons. The molecule has 9 heteroatoms. The lowest BCUT2D eigenvalue weighted by atomic mass is 10.2. The van der Waals surface area contributed by atoms with Crippen LogP contribution in [0.4, 0.5) is 5.69 Å². The molecule has 0 radical (unpaired) electrons. The molecule has 0 fully saturated rings. The summed E-state index contributed by atoms with van der Waals surface area (Å²) in [5.74, 6) is -1.14. The monoisotopic (exact) mass is 453 g/mol. The number of carboxylic acid groups (broad SMARTS) is 1. The minimum Gasteiger partial charge on any atom is -0.478 e. The van der Waals surface area contributed by atoms with Crippen LogP contribution in [-0.4, -0.2) is 19.5 Å². The van der Waals surface area contributed by atoms with Gasteiger partial charge in [-0.2, -0.15) is 0 Å². The molecule has 0 atom stereocenters. The van der Waals surface area contributed by atoms with Crippen molar-refractivity contribution in [3.63, 3.8) is 0 Å². The van der Waals surface area contributed by atoms with Gasteiger partial charge in [0, 0.05) is 10.2 Å². The highest BCUT2D eigenvalue weighted by atomic mass is 79.9. The summed E-state index contributed by atoms with van der Waals surface area (Å²) in [6, 6.07) is 5.79. The van der Waals surface area contributed by atoms with Gasteiger partial charge in [0.25, 0.3) is 10.0 Å². The van der Waals surface area contributed by atoms with Crippen molar-refractivity contribution in [2.24, 2.45) is 0 Å². The van der Waals surface area contributed by atoms with Gasteiger partial charge < -0.3 is 5.11 Å². The summed E-state index contributed by atoms with van der Waals surface area (Å²) in [7, 11) is -3.74. The number of carboxylic acids is 1. The van der Waals surface area contributed by atoms with Gasteiger partial charge in [-0.3, -0.25) is 4.72 Å². The van der Waals surface area contributed by atoms with E-state index in [0.29, 0.717) is 4.47 Å². The standard InChI is InChI=1S/C12H9Br2NO4S2/c1-6-4-10(20-11(6)14)21(18,19)15-7-2-3-9(13)8(5-7)12(16)17/h2-5,15H,1H3,(H,16,17). The smallest absolute Gasteiger partial charge is 0.336 e. The predicted octanol–water partition coefficient (Wildman–Crippen LogP) is 4.08. The summed E-state index contributed by atoms with van der Waals surface area (Å²) >= 11 is 7.48. The fourth-order valence-corrected chi connectivity index (χ4v) is 5.21. The molecular formula is C12H9Br2NO4S2. The first-order chi connectivity index (χ1) is 9.70. The summed E-state index contributed by atoms with van der Waals surface area (Å²) in [4.78, 5) is 11.0. The van der Waals surface area contributed by atoms with Gasteiger partial charge in [0.1, 0.15) is 4.21 Å². The van der Waals surface area contributed by atoms with Crippen LogP contribution in [-0.2, 0) is 10.0 Å². The molecule has 21 heavy (non-hydrogen) atoms. The summed E-state index contributed by atoms with van der Waals surface area (Å²) in [5.41, 5.74) is 0.999. The number of benzene rings is 1. The van der Waals surface area contributed by atoms with Gasteiger partial charge in [0.15, 0.2) is 0 Å². The number of aryl methyl sites for hydroxylation is 1. The lowest BCUT2D eigenvalue weighted by Gasteiger charge is -2.08. The van der Waals surface area contributed by atoms with Crippen LogP contribution in [0.1, 0.15) is 15.9 Å². The minimum absolute atomic E-state index is 0.0151. The van der Waals surface area contributed by atoms with E-state index in [1.54, 1.807) is 13.0 Å². The molecule has 1 aromatic carbocycles. The van der Waals surface area contributed by atoms with Gasteiger partial charge in [-0.05, 0) is 68.6 Å². The number of halogens is 2.